The standard InChI is InChI=1S/C21H28N6O3.Na.H/c1-3-26(23-29)21(15-19-12-8-5-9-13-19)17-27(24-30)20(16-25(2)22-28)14-18-10-6-4-7-11-18;;/h4-13,20-21H,3,14-17H2,1-2H3;;/q;+1;-1/t20-,21-;;/m0../s1. The molecule has 0 N–H and O–H groups in total. The minimum absolute atomic E-state index is 0. The van der Waals surface area contributed by atoms with Gasteiger partial charge in [0.05, 0.1) is 41.0 Å². The van der Waals surface area contributed by atoms with Crippen LogP contribution in [0.5, 0.6) is 0 Å². The Balaban J connectivity index is 0.00000480. The molecular weight excluding hydrogens is 407 g/mol. The summed E-state index contributed by atoms with van der Waals surface area (Å²) in [6.45, 7) is 2.67. The summed E-state index contributed by atoms with van der Waals surface area (Å²) in [7, 11) is 1.56. The first-order chi connectivity index (χ1) is 14.6. The minimum Gasteiger partial charge on any atom is -1.00 e. The third-order valence-electron chi connectivity index (χ3n) is 5.02. The van der Waals surface area contributed by atoms with Crippen LogP contribution >= 0.6 is 0 Å². The summed E-state index contributed by atoms with van der Waals surface area (Å²) in [5, 5.41) is 13.4. The van der Waals surface area contributed by atoms with Crippen molar-refractivity contribution in [2.45, 2.75) is 31.8 Å². The molecule has 0 radical (unpaired) electrons. The minimum atomic E-state index is -0.392. The zero-order valence-electron chi connectivity index (χ0n) is 19.4. The van der Waals surface area contributed by atoms with Gasteiger partial charge in [0.1, 0.15) is 0 Å². The normalized spacial score (nSPS) is 12.1. The molecule has 0 heterocycles. The van der Waals surface area contributed by atoms with Gasteiger partial charge in [-0.15, -0.1) is 14.7 Å². The van der Waals surface area contributed by atoms with Crippen molar-refractivity contribution < 1.29 is 31.0 Å². The predicted octanol–water partition coefficient (Wildman–Crippen LogP) is 0.925. The molecule has 10 heteroatoms. The molecule has 0 fully saturated rings. The zero-order valence-corrected chi connectivity index (χ0v) is 20.4. The largest absolute Gasteiger partial charge is 1.00 e. The molecule has 0 aliphatic rings. The Bertz CT molecular complexity index is 790. The smallest absolute Gasteiger partial charge is 1.00 e. The van der Waals surface area contributed by atoms with E-state index in [1.54, 1.807) is 7.05 Å². The average molecular weight is 436 g/mol. The quantitative estimate of drug-likeness (QED) is 0.248. The molecule has 0 amide bonds. The molecule has 0 unspecified atom stereocenters. The summed E-state index contributed by atoms with van der Waals surface area (Å²) in [4.78, 5) is 34.2. The predicted molar refractivity (Wildman–Crippen MR) is 118 cm³/mol. The van der Waals surface area contributed by atoms with E-state index in [1.807, 2.05) is 67.6 Å². The van der Waals surface area contributed by atoms with Gasteiger partial charge in [0.25, 0.3) is 0 Å². The Labute approximate surface area is 206 Å². The van der Waals surface area contributed by atoms with Crippen LogP contribution in [0.15, 0.2) is 76.5 Å². The Morgan fingerprint density at radius 2 is 1.19 bits per heavy atom. The van der Waals surface area contributed by atoms with Gasteiger partial charge < -0.3 is 1.43 Å². The van der Waals surface area contributed by atoms with Crippen molar-refractivity contribution in [2.24, 2.45) is 15.9 Å². The van der Waals surface area contributed by atoms with Gasteiger partial charge in [0.2, 0.25) is 0 Å². The van der Waals surface area contributed by atoms with E-state index in [0.717, 1.165) is 11.1 Å². The van der Waals surface area contributed by atoms with Crippen LogP contribution in [-0.4, -0.2) is 53.8 Å². The monoisotopic (exact) mass is 436 g/mol. The van der Waals surface area contributed by atoms with E-state index in [-0.39, 0.29) is 50.1 Å². The molecule has 2 atom stereocenters. The van der Waals surface area contributed by atoms with Crippen LogP contribution < -0.4 is 29.6 Å². The fourth-order valence-corrected chi connectivity index (χ4v) is 3.49. The third kappa shape index (κ3) is 8.72. The van der Waals surface area contributed by atoms with Crippen LogP contribution in [0.25, 0.3) is 0 Å². The first-order valence-corrected chi connectivity index (χ1v) is 9.93. The SMILES string of the molecule is CCN(N=O)[C@@H](Cc1ccccc1)CN(N=O)[C@@H](Cc1ccccc1)CN(C)N=O.[H-].[Na+]. The van der Waals surface area contributed by atoms with Crippen molar-refractivity contribution >= 4 is 0 Å². The van der Waals surface area contributed by atoms with Crippen molar-refractivity contribution in [3.63, 3.8) is 0 Å². The van der Waals surface area contributed by atoms with Crippen LogP contribution in [0.4, 0.5) is 0 Å². The summed E-state index contributed by atoms with van der Waals surface area (Å²) in [5.74, 6) is 0. The van der Waals surface area contributed by atoms with Crippen LogP contribution in [0.2, 0.25) is 0 Å². The van der Waals surface area contributed by atoms with Crippen molar-refractivity contribution in [3.8, 4) is 0 Å². The molecule has 0 saturated carbocycles. The molecular formula is C21H29N6NaO3. The Hall–Kier alpha value is -2.36. The van der Waals surface area contributed by atoms with Crippen LogP contribution in [0, 0.1) is 14.7 Å². The fraction of sp³-hybridized carbons (Fsp3) is 0.429. The Kier molecular flexibility index (Phi) is 12.6. The second-order valence-electron chi connectivity index (χ2n) is 7.15. The number of nitrogens with zero attached hydrogens (tertiary/aromatic N) is 6. The Morgan fingerprint density at radius 1 is 0.742 bits per heavy atom. The number of hydrogen-bond donors (Lipinski definition) is 0. The molecule has 0 spiro atoms. The molecule has 9 nitrogen and oxygen atoms in total. The second kappa shape index (κ2) is 14.6. The van der Waals surface area contributed by atoms with Gasteiger partial charge in [-0.1, -0.05) is 60.7 Å². The van der Waals surface area contributed by atoms with Crippen molar-refractivity contribution in [1.29, 1.82) is 0 Å². The van der Waals surface area contributed by atoms with Crippen LogP contribution in [0.3, 0.4) is 0 Å². The fourth-order valence-electron chi connectivity index (χ4n) is 3.49. The topological polar surface area (TPSA) is 98.0 Å². The van der Waals surface area contributed by atoms with E-state index < -0.39 is 6.04 Å². The van der Waals surface area contributed by atoms with E-state index in [9.17, 15) is 14.7 Å². The van der Waals surface area contributed by atoms with Gasteiger partial charge in [-0.25, -0.2) is 0 Å². The van der Waals surface area contributed by atoms with Crippen molar-refractivity contribution in [3.05, 3.63) is 86.5 Å². The molecule has 0 saturated heterocycles. The molecule has 162 valence electrons. The molecule has 0 aromatic heterocycles. The van der Waals surface area contributed by atoms with Gasteiger partial charge >= 0.3 is 29.6 Å². The molecule has 0 aliphatic heterocycles. The second-order valence-corrected chi connectivity index (χ2v) is 7.15. The summed E-state index contributed by atoms with van der Waals surface area (Å²) in [6.07, 6.45) is 1.04. The van der Waals surface area contributed by atoms with Gasteiger partial charge in [0.15, 0.2) is 0 Å². The van der Waals surface area contributed by atoms with Gasteiger partial charge in [-0.3, -0.25) is 15.0 Å². The number of rotatable bonds is 14. The summed E-state index contributed by atoms with van der Waals surface area (Å²) >= 11 is 0. The average Bonchev–Trinajstić information content (AvgIpc) is 2.78. The molecule has 0 bridgehead atoms. The Morgan fingerprint density at radius 3 is 1.58 bits per heavy atom. The molecule has 2 aromatic carbocycles. The maximum Gasteiger partial charge on any atom is 1.00 e. The number of likely N-dealkylation sites (N-methyl/N-ethyl adjacent to an activating group) is 2. The van der Waals surface area contributed by atoms with E-state index in [1.165, 1.54) is 15.0 Å². The van der Waals surface area contributed by atoms with Crippen molar-refractivity contribution in [2.75, 3.05) is 26.7 Å². The summed E-state index contributed by atoms with van der Waals surface area (Å²) in [5.41, 5.74) is 2.04. The molecule has 2 aromatic rings. The van der Waals surface area contributed by atoms with Gasteiger partial charge in [-0.2, -0.15) is 0 Å². The number of nitroso groups, excluding NO2 is 3. The molecule has 2 rings (SSSR count). The molecule has 0 aliphatic carbocycles. The van der Waals surface area contributed by atoms with E-state index in [4.69, 9.17) is 0 Å². The van der Waals surface area contributed by atoms with Crippen LogP contribution in [0.1, 0.15) is 19.5 Å². The van der Waals surface area contributed by atoms with Crippen molar-refractivity contribution in [1.82, 2.24) is 15.0 Å². The first-order valence-electron chi connectivity index (χ1n) is 9.93. The number of benzene rings is 2. The summed E-state index contributed by atoms with van der Waals surface area (Å²) < 4.78 is 0. The van der Waals surface area contributed by atoms with E-state index in [2.05, 4.69) is 15.9 Å². The maximum absolute atomic E-state index is 11.8. The van der Waals surface area contributed by atoms with E-state index in [0.29, 0.717) is 19.4 Å². The molecule has 31 heavy (non-hydrogen) atoms. The number of hydrogen-bond acceptors (Lipinski definition) is 6. The zero-order chi connectivity index (χ0) is 21.8. The summed E-state index contributed by atoms with van der Waals surface area (Å²) in [6, 6.07) is 18.6. The van der Waals surface area contributed by atoms with E-state index >= 15 is 0 Å². The third-order valence-corrected chi connectivity index (χ3v) is 5.02. The first kappa shape index (κ1) is 26.7. The van der Waals surface area contributed by atoms with Gasteiger partial charge in [0, 0.05) is 13.6 Å². The maximum atomic E-state index is 11.8. The van der Waals surface area contributed by atoms with Crippen LogP contribution in [-0.2, 0) is 12.8 Å². The van der Waals surface area contributed by atoms with Gasteiger partial charge in [-0.05, 0) is 30.9 Å².